The van der Waals surface area contributed by atoms with Gasteiger partial charge in [-0.25, -0.2) is 21.1 Å². The molecule has 2 aliphatic heterocycles. The number of esters is 1. The van der Waals surface area contributed by atoms with Crippen molar-refractivity contribution in [3.63, 3.8) is 0 Å². The van der Waals surface area contributed by atoms with Crippen LogP contribution < -0.4 is 0 Å². The number of nitrogens with zero attached hydrogens (tertiary/aromatic N) is 2. The Morgan fingerprint density at radius 2 is 1.79 bits per heavy atom. The Balaban J connectivity index is 1.87. The molecule has 11 heteroatoms. The molecule has 2 aliphatic rings. The number of carbonyl (C=O) groups is 2. The van der Waals surface area contributed by atoms with E-state index in [0.717, 1.165) is 12.8 Å². The normalized spacial score (nSPS) is 23.0. The zero-order chi connectivity index (χ0) is 21.7. The van der Waals surface area contributed by atoms with Crippen molar-refractivity contribution >= 4 is 31.7 Å². The van der Waals surface area contributed by atoms with E-state index in [0.29, 0.717) is 25.8 Å². The highest BCUT2D eigenvalue weighted by molar-refractivity contribution is 7.91. The Morgan fingerprint density at radius 3 is 2.31 bits per heavy atom. The Morgan fingerprint density at radius 1 is 1.14 bits per heavy atom. The minimum absolute atomic E-state index is 0.0289. The third-order valence-corrected chi connectivity index (χ3v) is 9.24. The molecule has 0 spiro atoms. The Labute approximate surface area is 173 Å². The molecule has 9 nitrogen and oxygen atoms in total. The van der Waals surface area contributed by atoms with Crippen LogP contribution in [0.3, 0.4) is 0 Å². The Hall–Kier alpha value is -1.20. The fourth-order valence-electron chi connectivity index (χ4n) is 3.75. The van der Waals surface area contributed by atoms with E-state index >= 15 is 0 Å². The fraction of sp³-hybridized carbons (Fsp3) is 0.889. The predicted octanol–water partition coefficient (Wildman–Crippen LogP) is 0.407. The van der Waals surface area contributed by atoms with Gasteiger partial charge in [-0.1, -0.05) is 13.3 Å². The molecule has 1 atom stereocenters. The standard InChI is InChI=1S/C18H32N2O7S2/c1-3-5-9-20(16-8-12-28(23,24)14-16)17(21)13-27-18(22)15-6-10-19(11-7-15)29(25,26)4-2/h15-16H,3-14H2,1-2H3. The second kappa shape index (κ2) is 10.2. The van der Waals surface area contributed by atoms with E-state index in [1.165, 1.54) is 9.21 Å². The van der Waals surface area contributed by atoms with Crippen LogP contribution in [-0.4, -0.2) is 87.5 Å². The van der Waals surface area contributed by atoms with E-state index in [9.17, 15) is 26.4 Å². The quantitative estimate of drug-likeness (QED) is 0.465. The average molecular weight is 453 g/mol. The van der Waals surface area contributed by atoms with Crippen LogP contribution in [-0.2, 0) is 34.2 Å². The molecule has 0 aromatic carbocycles. The van der Waals surface area contributed by atoms with Gasteiger partial charge in [0, 0.05) is 25.7 Å². The van der Waals surface area contributed by atoms with E-state index < -0.39 is 38.4 Å². The number of hydrogen-bond donors (Lipinski definition) is 0. The largest absolute Gasteiger partial charge is 0.455 e. The van der Waals surface area contributed by atoms with Crippen LogP contribution >= 0.6 is 0 Å². The van der Waals surface area contributed by atoms with Gasteiger partial charge in [-0.3, -0.25) is 9.59 Å². The number of sulfonamides is 1. The van der Waals surface area contributed by atoms with Gasteiger partial charge in [0.15, 0.2) is 16.4 Å². The predicted molar refractivity (Wildman–Crippen MR) is 108 cm³/mol. The third kappa shape index (κ3) is 6.65. The van der Waals surface area contributed by atoms with Crippen LogP contribution in [0.25, 0.3) is 0 Å². The van der Waals surface area contributed by atoms with Crippen LogP contribution in [0.4, 0.5) is 0 Å². The maximum Gasteiger partial charge on any atom is 0.309 e. The minimum Gasteiger partial charge on any atom is -0.455 e. The van der Waals surface area contributed by atoms with Crippen molar-refractivity contribution in [3.8, 4) is 0 Å². The molecular weight excluding hydrogens is 420 g/mol. The lowest BCUT2D eigenvalue weighted by Crippen LogP contribution is -2.45. The number of unbranched alkanes of at least 4 members (excludes halogenated alkanes) is 1. The number of sulfone groups is 1. The maximum atomic E-state index is 12.6. The minimum atomic E-state index is -3.26. The van der Waals surface area contributed by atoms with Gasteiger partial charge in [-0.05, 0) is 32.6 Å². The fourth-order valence-corrected chi connectivity index (χ4v) is 6.61. The summed E-state index contributed by atoms with van der Waals surface area (Å²) in [5.74, 6) is -1.24. The smallest absolute Gasteiger partial charge is 0.309 e. The first kappa shape index (κ1) is 24.1. The summed E-state index contributed by atoms with van der Waals surface area (Å²) in [6.07, 6.45) is 2.76. The molecule has 0 N–H and O–H groups in total. The van der Waals surface area contributed by atoms with Gasteiger partial charge in [0.25, 0.3) is 5.91 Å². The molecule has 0 aromatic rings. The van der Waals surface area contributed by atoms with Gasteiger partial charge in [-0.15, -0.1) is 0 Å². The molecule has 0 saturated carbocycles. The van der Waals surface area contributed by atoms with Gasteiger partial charge in [0.1, 0.15) is 0 Å². The van der Waals surface area contributed by atoms with Crippen LogP contribution in [0, 0.1) is 5.92 Å². The lowest BCUT2D eigenvalue weighted by atomic mass is 9.98. The first-order chi connectivity index (χ1) is 13.6. The highest BCUT2D eigenvalue weighted by Crippen LogP contribution is 2.22. The van der Waals surface area contributed by atoms with Crippen molar-refractivity contribution in [1.29, 1.82) is 0 Å². The number of piperidine rings is 1. The third-order valence-electron chi connectivity index (χ3n) is 5.61. The van der Waals surface area contributed by atoms with Gasteiger partial charge in [0.05, 0.1) is 23.2 Å². The molecule has 2 rings (SSSR count). The van der Waals surface area contributed by atoms with E-state index in [1.807, 2.05) is 6.92 Å². The topological polar surface area (TPSA) is 118 Å². The zero-order valence-corrected chi connectivity index (χ0v) is 18.8. The monoisotopic (exact) mass is 452 g/mol. The van der Waals surface area contributed by atoms with Crippen molar-refractivity contribution < 1.29 is 31.2 Å². The Kier molecular flexibility index (Phi) is 8.48. The van der Waals surface area contributed by atoms with E-state index in [1.54, 1.807) is 6.92 Å². The molecule has 0 radical (unpaired) electrons. The second-order valence-corrected chi connectivity index (χ2v) is 12.2. The van der Waals surface area contributed by atoms with Crippen LogP contribution in [0.2, 0.25) is 0 Å². The van der Waals surface area contributed by atoms with Gasteiger partial charge >= 0.3 is 5.97 Å². The van der Waals surface area contributed by atoms with Crippen LogP contribution in [0.15, 0.2) is 0 Å². The van der Waals surface area contributed by atoms with Gasteiger partial charge < -0.3 is 9.64 Å². The van der Waals surface area contributed by atoms with Crippen molar-refractivity contribution in [2.45, 2.75) is 52.0 Å². The van der Waals surface area contributed by atoms with Crippen LogP contribution in [0.5, 0.6) is 0 Å². The molecule has 2 saturated heterocycles. The molecule has 168 valence electrons. The summed E-state index contributed by atoms with van der Waals surface area (Å²) in [6.45, 7) is 4.14. The van der Waals surface area contributed by atoms with Crippen molar-refractivity contribution in [3.05, 3.63) is 0 Å². The maximum absolute atomic E-state index is 12.6. The number of ether oxygens (including phenoxy) is 1. The molecule has 29 heavy (non-hydrogen) atoms. The van der Waals surface area contributed by atoms with E-state index in [2.05, 4.69) is 0 Å². The molecule has 0 bridgehead atoms. The number of hydrogen-bond acceptors (Lipinski definition) is 7. The first-order valence-electron chi connectivity index (χ1n) is 10.2. The molecule has 2 fully saturated rings. The van der Waals surface area contributed by atoms with Gasteiger partial charge in [-0.2, -0.15) is 0 Å². The Bertz CT molecular complexity index is 787. The molecule has 1 unspecified atom stereocenters. The van der Waals surface area contributed by atoms with E-state index in [4.69, 9.17) is 4.74 Å². The summed E-state index contributed by atoms with van der Waals surface area (Å²) in [4.78, 5) is 26.5. The summed E-state index contributed by atoms with van der Waals surface area (Å²) < 4.78 is 53.9. The number of rotatable bonds is 9. The molecule has 2 heterocycles. The number of carbonyl (C=O) groups excluding carboxylic acids is 2. The summed E-state index contributed by atoms with van der Waals surface area (Å²) >= 11 is 0. The van der Waals surface area contributed by atoms with Gasteiger partial charge in [0.2, 0.25) is 10.0 Å². The molecular formula is C18H32N2O7S2. The zero-order valence-electron chi connectivity index (χ0n) is 17.2. The first-order valence-corrected chi connectivity index (χ1v) is 13.7. The SMILES string of the molecule is CCCCN(C(=O)COC(=O)C1CCN(S(=O)(=O)CC)CC1)C1CCS(=O)(=O)C1. The van der Waals surface area contributed by atoms with Crippen molar-refractivity contribution in [1.82, 2.24) is 9.21 Å². The summed E-state index contributed by atoms with van der Waals surface area (Å²) in [7, 11) is -6.39. The summed E-state index contributed by atoms with van der Waals surface area (Å²) in [5.41, 5.74) is 0. The second-order valence-electron chi connectivity index (χ2n) is 7.68. The van der Waals surface area contributed by atoms with E-state index in [-0.39, 0.29) is 42.3 Å². The summed E-state index contributed by atoms with van der Waals surface area (Å²) in [5, 5.41) is 0. The van der Waals surface area contributed by atoms with Crippen LogP contribution in [0.1, 0.15) is 46.0 Å². The van der Waals surface area contributed by atoms with Crippen molar-refractivity contribution in [2.75, 3.05) is 43.5 Å². The highest BCUT2D eigenvalue weighted by Gasteiger charge is 2.35. The van der Waals surface area contributed by atoms with Crippen molar-refractivity contribution in [2.24, 2.45) is 5.92 Å². The molecule has 0 aliphatic carbocycles. The molecule has 0 aromatic heterocycles. The lowest BCUT2D eigenvalue weighted by Gasteiger charge is -2.30. The summed E-state index contributed by atoms with van der Waals surface area (Å²) in [6, 6.07) is -0.361. The highest BCUT2D eigenvalue weighted by atomic mass is 32.2. The average Bonchev–Trinajstić information content (AvgIpc) is 3.05. The molecule has 1 amide bonds. The lowest BCUT2D eigenvalue weighted by molar-refractivity contribution is -0.157. The number of amides is 1.